The number of hydrogen-bond donors (Lipinski definition) is 0. The van der Waals surface area contributed by atoms with Gasteiger partial charge in [0.2, 0.25) is 0 Å². The number of rotatable bonds is 3. The van der Waals surface area contributed by atoms with Crippen molar-refractivity contribution in [1.82, 2.24) is 0 Å². The summed E-state index contributed by atoms with van der Waals surface area (Å²) in [6.07, 6.45) is 3.04. The Kier molecular flexibility index (Phi) is 3.22. The van der Waals surface area contributed by atoms with E-state index in [2.05, 4.69) is 10.2 Å². The number of Topliss-reactive ketones (excluding diaryl/α,β-unsaturated/α-hetero) is 1. The first-order valence-electron chi connectivity index (χ1n) is 6.78. The first kappa shape index (κ1) is 12.8. The maximum atomic E-state index is 12.2. The van der Waals surface area contributed by atoms with Crippen molar-refractivity contribution in [2.45, 2.75) is 26.7 Å². The molecule has 3 rings (SSSR count). The Bertz CT molecular complexity index is 669. The minimum absolute atomic E-state index is 0.140. The molecule has 0 fully saturated rings. The van der Waals surface area contributed by atoms with Crippen LogP contribution in [0.1, 0.15) is 31.4 Å². The van der Waals surface area contributed by atoms with Gasteiger partial charge in [-0.25, -0.2) is 0 Å². The van der Waals surface area contributed by atoms with Crippen LogP contribution in [0, 0.1) is 0 Å². The standard InChI is InChI=1S/C16H16N2O2/c1-3-20-13-5-4-11-7-16(19)15(14(11)9-13)8-12-6-10(2)17-18-12/h4-5,8-9H,3,6-7H2,1-2H3/b15-8-. The Balaban J connectivity index is 1.96. The lowest BCUT2D eigenvalue weighted by Gasteiger charge is -2.06. The highest BCUT2D eigenvalue weighted by molar-refractivity contribution is 6.30. The van der Waals surface area contributed by atoms with E-state index in [0.29, 0.717) is 13.0 Å². The van der Waals surface area contributed by atoms with Crippen molar-refractivity contribution in [3.05, 3.63) is 35.4 Å². The van der Waals surface area contributed by atoms with Gasteiger partial charge in [0.05, 0.1) is 12.3 Å². The molecule has 1 heterocycles. The first-order chi connectivity index (χ1) is 9.67. The van der Waals surface area contributed by atoms with Gasteiger partial charge in [-0.15, -0.1) is 0 Å². The maximum Gasteiger partial charge on any atom is 0.167 e. The normalized spacial score (nSPS) is 19.1. The summed E-state index contributed by atoms with van der Waals surface area (Å²) in [4.78, 5) is 12.2. The van der Waals surface area contributed by atoms with Gasteiger partial charge >= 0.3 is 0 Å². The summed E-state index contributed by atoms with van der Waals surface area (Å²) in [5, 5.41) is 8.10. The minimum atomic E-state index is 0.140. The van der Waals surface area contributed by atoms with E-state index < -0.39 is 0 Å². The van der Waals surface area contributed by atoms with E-state index in [9.17, 15) is 4.79 Å². The number of ketones is 1. The van der Waals surface area contributed by atoms with E-state index in [1.165, 1.54) is 0 Å². The lowest BCUT2D eigenvalue weighted by atomic mass is 10.0. The third-order valence-electron chi connectivity index (χ3n) is 3.43. The van der Waals surface area contributed by atoms with Crippen LogP contribution in [0.15, 0.2) is 34.5 Å². The Morgan fingerprint density at radius 2 is 2.15 bits per heavy atom. The highest BCUT2D eigenvalue weighted by Gasteiger charge is 2.25. The van der Waals surface area contributed by atoms with Crippen LogP contribution in [0.5, 0.6) is 5.75 Å². The Morgan fingerprint density at radius 1 is 1.30 bits per heavy atom. The van der Waals surface area contributed by atoms with Gasteiger partial charge in [0.1, 0.15) is 5.75 Å². The molecule has 102 valence electrons. The van der Waals surface area contributed by atoms with Crippen LogP contribution in [0.4, 0.5) is 0 Å². The van der Waals surface area contributed by atoms with Crippen molar-refractivity contribution in [3.63, 3.8) is 0 Å². The van der Waals surface area contributed by atoms with Crippen LogP contribution < -0.4 is 4.74 Å². The van der Waals surface area contributed by atoms with Crippen molar-refractivity contribution in [2.24, 2.45) is 10.2 Å². The molecule has 1 aromatic carbocycles. The van der Waals surface area contributed by atoms with E-state index in [0.717, 1.165) is 40.3 Å². The number of nitrogens with zero attached hydrogens (tertiary/aromatic N) is 2. The predicted molar refractivity (Wildman–Crippen MR) is 79.5 cm³/mol. The van der Waals surface area contributed by atoms with Gasteiger partial charge in [-0.2, -0.15) is 10.2 Å². The molecule has 0 spiro atoms. The molecule has 0 unspecified atom stereocenters. The van der Waals surface area contributed by atoms with Crippen LogP contribution in [-0.2, 0) is 11.2 Å². The summed E-state index contributed by atoms with van der Waals surface area (Å²) in [7, 11) is 0. The van der Waals surface area contributed by atoms with Crippen LogP contribution in [-0.4, -0.2) is 23.8 Å². The monoisotopic (exact) mass is 268 g/mol. The highest BCUT2D eigenvalue weighted by Crippen LogP contribution is 2.33. The second-order valence-corrected chi connectivity index (χ2v) is 5.01. The third kappa shape index (κ3) is 2.29. The summed E-state index contributed by atoms with van der Waals surface area (Å²) in [5.74, 6) is 0.938. The van der Waals surface area contributed by atoms with E-state index >= 15 is 0 Å². The molecule has 1 aliphatic carbocycles. The van der Waals surface area contributed by atoms with E-state index in [1.807, 2.05) is 38.1 Å². The molecule has 0 atom stereocenters. The fraction of sp³-hybridized carbons (Fsp3) is 0.312. The summed E-state index contributed by atoms with van der Waals surface area (Å²) >= 11 is 0. The molecule has 0 saturated heterocycles. The molecule has 0 aromatic heterocycles. The second kappa shape index (κ2) is 5.04. The summed E-state index contributed by atoms with van der Waals surface area (Å²) < 4.78 is 5.51. The SMILES string of the molecule is CCOc1ccc2c(c1)/C(=C/C1=NN=C(C)C1)C(=O)C2. The fourth-order valence-electron chi connectivity index (χ4n) is 2.52. The molecule has 1 aromatic rings. The van der Waals surface area contributed by atoms with Crippen molar-refractivity contribution >= 4 is 22.8 Å². The van der Waals surface area contributed by atoms with Gasteiger partial charge in [-0.05, 0) is 43.2 Å². The van der Waals surface area contributed by atoms with Crippen LogP contribution >= 0.6 is 0 Å². The lowest BCUT2D eigenvalue weighted by Crippen LogP contribution is -2.00. The topological polar surface area (TPSA) is 51.0 Å². The summed E-state index contributed by atoms with van der Waals surface area (Å²) in [6, 6.07) is 5.83. The largest absolute Gasteiger partial charge is 0.494 e. The zero-order valence-electron chi connectivity index (χ0n) is 11.6. The number of allylic oxidation sites excluding steroid dienone is 2. The molecule has 0 radical (unpaired) electrons. The summed E-state index contributed by atoms with van der Waals surface area (Å²) in [6.45, 7) is 4.50. The van der Waals surface area contributed by atoms with E-state index in [-0.39, 0.29) is 5.78 Å². The van der Waals surface area contributed by atoms with Crippen LogP contribution in [0.3, 0.4) is 0 Å². The quantitative estimate of drug-likeness (QED) is 0.791. The van der Waals surface area contributed by atoms with Gasteiger partial charge in [-0.3, -0.25) is 4.79 Å². The van der Waals surface area contributed by atoms with Crippen molar-refractivity contribution in [3.8, 4) is 5.75 Å². The number of hydrogen-bond acceptors (Lipinski definition) is 4. The average molecular weight is 268 g/mol. The average Bonchev–Trinajstić information content (AvgIpc) is 2.96. The van der Waals surface area contributed by atoms with Crippen LogP contribution in [0.2, 0.25) is 0 Å². The van der Waals surface area contributed by atoms with Crippen molar-refractivity contribution in [1.29, 1.82) is 0 Å². The van der Waals surface area contributed by atoms with Crippen molar-refractivity contribution in [2.75, 3.05) is 6.61 Å². The van der Waals surface area contributed by atoms with E-state index in [1.54, 1.807) is 0 Å². The highest BCUT2D eigenvalue weighted by atomic mass is 16.5. The second-order valence-electron chi connectivity index (χ2n) is 5.01. The summed E-state index contributed by atoms with van der Waals surface area (Å²) in [5.41, 5.74) is 4.57. The number of carbonyl (C=O) groups excluding carboxylic acids is 1. The molecule has 2 aliphatic rings. The number of benzene rings is 1. The molecule has 0 bridgehead atoms. The first-order valence-corrected chi connectivity index (χ1v) is 6.78. The molecule has 0 N–H and O–H groups in total. The zero-order chi connectivity index (χ0) is 14.1. The van der Waals surface area contributed by atoms with Gasteiger partial charge in [0, 0.05) is 24.1 Å². The molecule has 0 amide bonds. The Hall–Kier alpha value is -2.23. The van der Waals surface area contributed by atoms with Gasteiger partial charge in [-0.1, -0.05) is 6.07 Å². The molecular formula is C16H16N2O2. The Labute approximate surface area is 117 Å². The van der Waals surface area contributed by atoms with Gasteiger partial charge < -0.3 is 4.74 Å². The number of carbonyl (C=O) groups is 1. The lowest BCUT2D eigenvalue weighted by molar-refractivity contribution is -0.112. The smallest absolute Gasteiger partial charge is 0.167 e. The van der Waals surface area contributed by atoms with Crippen molar-refractivity contribution < 1.29 is 9.53 Å². The van der Waals surface area contributed by atoms with Gasteiger partial charge in [0.15, 0.2) is 5.78 Å². The molecule has 4 heteroatoms. The number of fused-ring (bicyclic) bond motifs is 1. The Morgan fingerprint density at radius 3 is 2.85 bits per heavy atom. The number of ether oxygens (including phenoxy) is 1. The predicted octanol–water partition coefficient (Wildman–Crippen LogP) is 2.81. The zero-order valence-corrected chi connectivity index (χ0v) is 11.6. The molecule has 1 aliphatic heterocycles. The molecule has 4 nitrogen and oxygen atoms in total. The maximum absolute atomic E-state index is 12.2. The molecule has 20 heavy (non-hydrogen) atoms. The third-order valence-corrected chi connectivity index (χ3v) is 3.43. The molecule has 0 saturated carbocycles. The van der Waals surface area contributed by atoms with Crippen LogP contribution in [0.25, 0.3) is 5.57 Å². The fourth-order valence-corrected chi connectivity index (χ4v) is 2.52. The minimum Gasteiger partial charge on any atom is -0.494 e. The van der Waals surface area contributed by atoms with E-state index in [4.69, 9.17) is 4.74 Å². The molecular weight excluding hydrogens is 252 g/mol. The van der Waals surface area contributed by atoms with Gasteiger partial charge in [0.25, 0.3) is 0 Å².